The molecule has 0 N–H and O–H groups in total. The SMILES string of the molecule is CCC[CH2][Sn](/[CH]=C/[C@@H](O[Si](C)(C)C(C)(C)C)[C@H](CCCO[Si](C)(C)C(C)(C)C)O[Si](C)(C)C(C)(C)C)([CH2]CCC)[CH2]CCC. The van der Waals surface area contributed by atoms with Crippen LogP contribution in [0.1, 0.15) is 134 Å². The number of hydrogen-bond donors (Lipinski definition) is 0. The van der Waals surface area contributed by atoms with Gasteiger partial charge in [-0.2, -0.15) is 0 Å². The molecule has 0 aliphatic carbocycles. The summed E-state index contributed by atoms with van der Waals surface area (Å²) >= 11 is -2.51. The van der Waals surface area contributed by atoms with Gasteiger partial charge in [-0.1, -0.05) is 0 Å². The van der Waals surface area contributed by atoms with E-state index >= 15 is 0 Å². The first kappa shape index (κ1) is 45.1. The van der Waals surface area contributed by atoms with Crippen LogP contribution in [0.25, 0.3) is 0 Å². The monoisotopic (exact) mass is 778 g/mol. The van der Waals surface area contributed by atoms with Crippen LogP contribution < -0.4 is 0 Å². The van der Waals surface area contributed by atoms with E-state index < -0.39 is 43.3 Å². The molecule has 0 unspecified atom stereocenters. The van der Waals surface area contributed by atoms with Crippen LogP contribution >= 0.6 is 0 Å². The fourth-order valence-electron chi connectivity index (χ4n) is 4.94. The zero-order valence-electron chi connectivity index (χ0n) is 33.5. The van der Waals surface area contributed by atoms with E-state index in [9.17, 15) is 0 Å². The minimum absolute atomic E-state index is 0.0128. The van der Waals surface area contributed by atoms with Gasteiger partial charge < -0.3 is 0 Å². The second kappa shape index (κ2) is 18.7. The standard InChI is InChI=1S/C25H55O3Si3.3C4H9.Sn/c1-17-21(27-30(13,14)24(5,6)7)22(28-31(15,16)25(8,9)10)19-18-20-26-29(11,12)23(2,3)4;3*1-3-4-2;/h1,17,21-22H,18-20H2,2-16H3;3*1,3-4H2,2H3;/t21-,22+;;;;/m1..../s1. The Bertz CT molecular complexity index is 798. The molecule has 44 heavy (non-hydrogen) atoms. The van der Waals surface area contributed by atoms with Crippen LogP contribution in [0.5, 0.6) is 0 Å². The van der Waals surface area contributed by atoms with Gasteiger partial charge in [0.2, 0.25) is 0 Å². The normalized spacial score (nSPS) is 16.1. The predicted octanol–water partition coefficient (Wildman–Crippen LogP) is 13.5. The van der Waals surface area contributed by atoms with E-state index in [-0.39, 0.29) is 27.3 Å². The molecular weight excluding hydrogens is 695 g/mol. The van der Waals surface area contributed by atoms with E-state index in [0.717, 1.165) is 19.4 Å². The second-order valence-electron chi connectivity index (χ2n) is 18.5. The molecule has 0 aliphatic rings. The van der Waals surface area contributed by atoms with Crippen LogP contribution in [0, 0.1) is 0 Å². The Kier molecular flexibility index (Phi) is 19.2. The Morgan fingerprint density at radius 2 is 0.955 bits per heavy atom. The Hall–Kier alpha value is 1.07. The van der Waals surface area contributed by atoms with Gasteiger partial charge in [0.15, 0.2) is 0 Å². The van der Waals surface area contributed by atoms with Crippen molar-refractivity contribution in [2.24, 2.45) is 0 Å². The molecule has 0 aromatic rings. The molecule has 0 saturated carbocycles. The molecule has 0 radical (unpaired) electrons. The maximum absolute atomic E-state index is 7.43. The van der Waals surface area contributed by atoms with Gasteiger partial charge in [-0.25, -0.2) is 0 Å². The van der Waals surface area contributed by atoms with Crippen molar-refractivity contribution in [3.63, 3.8) is 0 Å². The molecule has 7 heteroatoms. The third kappa shape index (κ3) is 15.1. The summed E-state index contributed by atoms with van der Waals surface area (Å²) < 4.78 is 28.8. The number of rotatable bonds is 21. The van der Waals surface area contributed by atoms with Crippen LogP contribution in [0.3, 0.4) is 0 Å². The molecule has 0 heterocycles. The second-order valence-corrected chi connectivity index (χ2v) is 45.9. The molecule has 3 nitrogen and oxygen atoms in total. The number of unbranched alkanes of at least 4 members (excludes halogenated alkanes) is 3. The zero-order chi connectivity index (χ0) is 34.7. The van der Waals surface area contributed by atoms with Gasteiger partial charge in [-0.05, 0) is 0 Å². The minimum atomic E-state index is -2.51. The van der Waals surface area contributed by atoms with E-state index in [4.69, 9.17) is 13.3 Å². The van der Waals surface area contributed by atoms with Crippen molar-refractivity contribution < 1.29 is 13.3 Å². The van der Waals surface area contributed by atoms with Crippen molar-refractivity contribution in [3.05, 3.63) is 10.2 Å². The molecule has 0 aliphatic heterocycles. The van der Waals surface area contributed by atoms with E-state index in [1.807, 2.05) is 0 Å². The predicted molar refractivity (Wildman–Crippen MR) is 211 cm³/mol. The summed E-state index contributed by atoms with van der Waals surface area (Å²) in [5.74, 6) is 0. The van der Waals surface area contributed by atoms with Gasteiger partial charge in [0.05, 0.1) is 0 Å². The summed E-state index contributed by atoms with van der Waals surface area (Å²) in [5, 5.41) is 0.534. The van der Waals surface area contributed by atoms with Crippen LogP contribution in [0.2, 0.25) is 67.7 Å². The average Bonchev–Trinajstić information content (AvgIpc) is 2.86. The molecule has 2 atom stereocenters. The third-order valence-electron chi connectivity index (χ3n) is 11.5. The Morgan fingerprint density at radius 1 is 0.568 bits per heavy atom. The molecule has 0 bridgehead atoms. The molecule has 0 saturated heterocycles. The first-order valence-corrected chi connectivity index (χ1v) is 34.9. The summed E-state index contributed by atoms with van der Waals surface area (Å²) in [4.78, 5) is 0. The Morgan fingerprint density at radius 3 is 1.32 bits per heavy atom. The van der Waals surface area contributed by atoms with Crippen molar-refractivity contribution in [3.8, 4) is 0 Å². The van der Waals surface area contributed by atoms with Crippen molar-refractivity contribution in [1.82, 2.24) is 0 Å². The van der Waals surface area contributed by atoms with Crippen LogP contribution in [0.15, 0.2) is 10.2 Å². The first-order chi connectivity index (χ1) is 19.8. The molecular formula is C37H82O3Si3Sn. The summed E-state index contributed by atoms with van der Waals surface area (Å²) in [6.45, 7) is 43.7. The molecule has 0 aromatic carbocycles. The quantitative estimate of drug-likeness (QED) is 0.0858. The average molecular weight is 778 g/mol. The van der Waals surface area contributed by atoms with Gasteiger partial charge in [-0.15, -0.1) is 0 Å². The first-order valence-electron chi connectivity index (χ1n) is 18.5. The van der Waals surface area contributed by atoms with Crippen molar-refractivity contribution >= 4 is 43.3 Å². The van der Waals surface area contributed by atoms with E-state index in [1.54, 1.807) is 0 Å². The molecule has 0 fully saturated rings. The van der Waals surface area contributed by atoms with E-state index in [1.165, 1.54) is 51.8 Å². The van der Waals surface area contributed by atoms with Crippen LogP contribution in [0.4, 0.5) is 0 Å². The third-order valence-corrected chi connectivity index (χ3v) is 39.1. The van der Waals surface area contributed by atoms with Crippen molar-refractivity contribution in [2.45, 2.75) is 214 Å². The van der Waals surface area contributed by atoms with Gasteiger partial charge in [-0.3, -0.25) is 0 Å². The maximum atomic E-state index is 7.43. The molecule has 264 valence electrons. The molecule has 0 aromatic heterocycles. The van der Waals surface area contributed by atoms with Gasteiger partial charge >= 0.3 is 288 Å². The van der Waals surface area contributed by atoms with Crippen molar-refractivity contribution in [2.75, 3.05) is 6.61 Å². The van der Waals surface area contributed by atoms with Gasteiger partial charge in [0, 0.05) is 0 Å². The van der Waals surface area contributed by atoms with Gasteiger partial charge in [0.25, 0.3) is 0 Å². The fraction of sp³-hybridized carbons (Fsp3) is 0.946. The molecule has 0 spiro atoms. The number of hydrogen-bond acceptors (Lipinski definition) is 3. The summed E-state index contributed by atoms with van der Waals surface area (Å²) in [5.41, 5.74) is 0. The van der Waals surface area contributed by atoms with E-state index in [0.29, 0.717) is 0 Å². The summed E-state index contributed by atoms with van der Waals surface area (Å²) in [6, 6.07) is 0. The van der Waals surface area contributed by atoms with Gasteiger partial charge in [0.1, 0.15) is 0 Å². The van der Waals surface area contributed by atoms with Crippen LogP contribution in [-0.2, 0) is 13.3 Å². The fourth-order valence-corrected chi connectivity index (χ4v) is 23.0. The van der Waals surface area contributed by atoms with Crippen LogP contribution in [-0.4, -0.2) is 62.1 Å². The van der Waals surface area contributed by atoms with E-state index in [2.05, 4.69) is 133 Å². The Balaban J connectivity index is 6.81. The molecule has 0 amide bonds. The zero-order valence-corrected chi connectivity index (χ0v) is 39.4. The van der Waals surface area contributed by atoms with Crippen molar-refractivity contribution in [1.29, 1.82) is 0 Å². The summed E-state index contributed by atoms with van der Waals surface area (Å²) in [7, 11) is -5.86. The Labute approximate surface area is 286 Å². The topological polar surface area (TPSA) is 27.7 Å². The summed E-state index contributed by atoms with van der Waals surface area (Å²) in [6.07, 6.45) is 12.8. The molecule has 0 rings (SSSR count).